The number of H-pyrrole nitrogens is 1. The summed E-state index contributed by atoms with van der Waals surface area (Å²) in [5.41, 5.74) is 0.506. The Morgan fingerprint density at radius 3 is 2.71 bits per heavy atom. The smallest absolute Gasteiger partial charge is 0.409 e. The number of sulfonamides is 1. The lowest BCUT2D eigenvalue weighted by Gasteiger charge is -2.31. The Hall–Kier alpha value is -1.61. The molecule has 0 aromatic carbocycles. The average Bonchev–Trinajstić information content (AvgIpc) is 2.86. The van der Waals surface area contributed by atoms with E-state index in [2.05, 4.69) is 14.9 Å². The van der Waals surface area contributed by atoms with Gasteiger partial charge in [-0.15, -0.1) is 0 Å². The molecule has 1 saturated heterocycles. The number of rotatable bonds is 4. The fourth-order valence-corrected chi connectivity index (χ4v) is 3.73. The van der Waals surface area contributed by atoms with Crippen molar-refractivity contribution in [1.82, 2.24) is 19.8 Å². The molecule has 0 bridgehead atoms. The Bertz CT molecular complexity index is 590. The van der Waals surface area contributed by atoms with Gasteiger partial charge >= 0.3 is 6.09 Å². The lowest BCUT2D eigenvalue weighted by Crippen LogP contribution is -2.46. The Kier molecular flexibility index (Phi) is 4.84. The third-order valence-corrected chi connectivity index (χ3v) is 5.05. The van der Waals surface area contributed by atoms with Crippen LogP contribution in [0, 0.1) is 6.92 Å². The fourth-order valence-electron chi connectivity index (χ4n) is 2.29. The molecule has 8 nitrogen and oxygen atoms in total. The highest BCUT2D eigenvalue weighted by Crippen LogP contribution is 2.16. The van der Waals surface area contributed by atoms with Crippen molar-refractivity contribution in [2.75, 3.05) is 19.7 Å². The van der Waals surface area contributed by atoms with Crippen LogP contribution < -0.4 is 4.72 Å². The van der Waals surface area contributed by atoms with Crippen LogP contribution >= 0.6 is 0 Å². The first kappa shape index (κ1) is 15.8. The number of aromatic nitrogens is 2. The molecule has 0 atom stereocenters. The number of ether oxygens (including phenoxy) is 1. The molecule has 118 valence electrons. The van der Waals surface area contributed by atoms with E-state index < -0.39 is 10.0 Å². The monoisotopic (exact) mass is 316 g/mol. The molecule has 1 fully saturated rings. The van der Waals surface area contributed by atoms with Crippen LogP contribution in [-0.2, 0) is 14.8 Å². The third kappa shape index (κ3) is 3.73. The maximum absolute atomic E-state index is 12.2. The van der Waals surface area contributed by atoms with E-state index in [1.807, 2.05) is 0 Å². The normalized spacial score (nSPS) is 17.0. The Morgan fingerprint density at radius 2 is 2.19 bits per heavy atom. The molecule has 2 N–H and O–H groups in total. The van der Waals surface area contributed by atoms with Crippen LogP contribution in [-0.4, -0.2) is 55.3 Å². The van der Waals surface area contributed by atoms with E-state index in [1.54, 1.807) is 18.7 Å². The molecule has 1 aromatic rings. The zero-order valence-corrected chi connectivity index (χ0v) is 12.9. The van der Waals surface area contributed by atoms with Crippen molar-refractivity contribution in [2.24, 2.45) is 0 Å². The molecule has 1 aromatic heterocycles. The van der Waals surface area contributed by atoms with Crippen molar-refractivity contribution in [2.45, 2.75) is 37.6 Å². The van der Waals surface area contributed by atoms with Crippen LogP contribution in [0.15, 0.2) is 11.1 Å². The van der Waals surface area contributed by atoms with E-state index in [0.717, 1.165) is 0 Å². The van der Waals surface area contributed by atoms with E-state index >= 15 is 0 Å². The van der Waals surface area contributed by atoms with Gasteiger partial charge in [-0.25, -0.2) is 17.9 Å². The number of nitrogens with one attached hydrogen (secondary N) is 2. The second-order valence-electron chi connectivity index (χ2n) is 4.94. The number of likely N-dealkylation sites (tertiary alicyclic amines) is 1. The quantitative estimate of drug-likeness (QED) is 0.847. The summed E-state index contributed by atoms with van der Waals surface area (Å²) in [4.78, 5) is 13.3. The highest BCUT2D eigenvalue weighted by molar-refractivity contribution is 7.89. The highest BCUT2D eigenvalue weighted by atomic mass is 32.2. The molecular formula is C12H20N4O4S. The largest absolute Gasteiger partial charge is 0.450 e. The van der Waals surface area contributed by atoms with Gasteiger partial charge in [0.05, 0.1) is 18.5 Å². The van der Waals surface area contributed by atoms with E-state index in [9.17, 15) is 13.2 Å². The molecular weight excluding hydrogens is 296 g/mol. The van der Waals surface area contributed by atoms with Gasteiger partial charge in [-0.2, -0.15) is 5.10 Å². The van der Waals surface area contributed by atoms with Crippen molar-refractivity contribution in [3.05, 3.63) is 11.9 Å². The summed E-state index contributed by atoms with van der Waals surface area (Å²) in [5, 5.41) is 6.33. The molecule has 2 heterocycles. The number of aryl methyl sites for hydroxylation is 1. The maximum atomic E-state index is 12.2. The second kappa shape index (κ2) is 6.44. The van der Waals surface area contributed by atoms with Gasteiger partial charge in [0.25, 0.3) is 0 Å². The zero-order chi connectivity index (χ0) is 15.5. The predicted octanol–water partition coefficient (Wildman–Crippen LogP) is 0.617. The van der Waals surface area contributed by atoms with Crippen molar-refractivity contribution >= 4 is 16.1 Å². The van der Waals surface area contributed by atoms with E-state index in [0.29, 0.717) is 38.2 Å². The minimum Gasteiger partial charge on any atom is -0.450 e. The summed E-state index contributed by atoms with van der Waals surface area (Å²) in [5.74, 6) is 0. The topological polar surface area (TPSA) is 104 Å². The lowest BCUT2D eigenvalue weighted by atomic mass is 10.1. The third-order valence-electron chi connectivity index (χ3n) is 3.42. The number of carbonyl (C=O) groups excluding carboxylic acids is 1. The summed E-state index contributed by atoms with van der Waals surface area (Å²) < 4.78 is 32.0. The van der Waals surface area contributed by atoms with Crippen molar-refractivity contribution < 1.29 is 17.9 Å². The van der Waals surface area contributed by atoms with Gasteiger partial charge < -0.3 is 9.64 Å². The van der Waals surface area contributed by atoms with E-state index in [4.69, 9.17) is 4.74 Å². The molecule has 0 spiro atoms. The van der Waals surface area contributed by atoms with Crippen molar-refractivity contribution in [3.8, 4) is 0 Å². The van der Waals surface area contributed by atoms with Gasteiger partial charge in [0, 0.05) is 19.1 Å². The lowest BCUT2D eigenvalue weighted by molar-refractivity contribution is 0.0966. The summed E-state index contributed by atoms with van der Waals surface area (Å²) in [6, 6.07) is -0.185. The van der Waals surface area contributed by atoms with Crippen LogP contribution in [0.3, 0.4) is 0 Å². The van der Waals surface area contributed by atoms with E-state index in [1.165, 1.54) is 6.20 Å². The van der Waals surface area contributed by atoms with Gasteiger partial charge in [-0.3, -0.25) is 5.10 Å². The van der Waals surface area contributed by atoms with Crippen LogP contribution in [0.25, 0.3) is 0 Å². The molecule has 0 saturated carbocycles. The minimum absolute atomic E-state index is 0.162. The maximum Gasteiger partial charge on any atom is 0.409 e. The van der Waals surface area contributed by atoms with Crippen molar-refractivity contribution in [3.63, 3.8) is 0 Å². The van der Waals surface area contributed by atoms with Crippen LogP contribution in [0.1, 0.15) is 25.5 Å². The number of hydrogen-bond acceptors (Lipinski definition) is 5. The molecule has 0 unspecified atom stereocenters. The van der Waals surface area contributed by atoms with Gasteiger partial charge in [0.1, 0.15) is 4.90 Å². The number of hydrogen-bond donors (Lipinski definition) is 2. The van der Waals surface area contributed by atoms with Gasteiger partial charge in [-0.05, 0) is 26.7 Å². The summed E-state index contributed by atoms with van der Waals surface area (Å²) in [7, 11) is -3.57. The second-order valence-corrected chi connectivity index (χ2v) is 6.62. The molecule has 9 heteroatoms. The highest BCUT2D eigenvalue weighted by Gasteiger charge is 2.28. The first-order chi connectivity index (χ1) is 9.94. The summed E-state index contributed by atoms with van der Waals surface area (Å²) in [6.45, 7) is 4.72. The number of carbonyl (C=O) groups is 1. The Balaban J connectivity index is 1.92. The van der Waals surface area contributed by atoms with Gasteiger partial charge in [-0.1, -0.05) is 0 Å². The molecule has 2 rings (SSSR count). The number of piperidine rings is 1. The van der Waals surface area contributed by atoms with Crippen molar-refractivity contribution in [1.29, 1.82) is 0 Å². The fraction of sp³-hybridized carbons (Fsp3) is 0.667. The Morgan fingerprint density at radius 1 is 1.52 bits per heavy atom. The van der Waals surface area contributed by atoms with E-state index in [-0.39, 0.29) is 17.0 Å². The minimum atomic E-state index is -3.57. The zero-order valence-electron chi connectivity index (χ0n) is 12.1. The van der Waals surface area contributed by atoms with Crippen LogP contribution in [0.5, 0.6) is 0 Å². The average molecular weight is 316 g/mol. The first-order valence-corrected chi connectivity index (χ1v) is 8.36. The number of nitrogens with zero attached hydrogens (tertiary/aromatic N) is 2. The standard InChI is InChI=1S/C12H20N4O4S/c1-3-20-12(17)16-6-4-10(5-7-16)15-21(18,19)11-8-13-14-9(11)2/h8,10,15H,3-7H2,1-2H3,(H,13,14). The van der Waals surface area contributed by atoms with Gasteiger partial charge in [0.2, 0.25) is 10.0 Å². The van der Waals surface area contributed by atoms with Crippen LogP contribution in [0.2, 0.25) is 0 Å². The SMILES string of the molecule is CCOC(=O)N1CCC(NS(=O)(=O)c2cn[nH]c2C)CC1. The number of amides is 1. The summed E-state index contributed by atoms with van der Waals surface area (Å²) in [6.07, 6.45) is 2.08. The molecule has 0 aliphatic carbocycles. The molecule has 0 radical (unpaired) electrons. The first-order valence-electron chi connectivity index (χ1n) is 6.88. The predicted molar refractivity (Wildman–Crippen MR) is 75.3 cm³/mol. The number of aromatic amines is 1. The molecule has 1 aliphatic rings. The Labute approximate surface area is 123 Å². The molecule has 1 amide bonds. The summed E-state index contributed by atoms with van der Waals surface area (Å²) >= 11 is 0. The molecule has 21 heavy (non-hydrogen) atoms. The van der Waals surface area contributed by atoms with Crippen LogP contribution in [0.4, 0.5) is 4.79 Å². The van der Waals surface area contributed by atoms with Gasteiger partial charge in [0.15, 0.2) is 0 Å². The molecule has 1 aliphatic heterocycles.